The zero-order valence-corrected chi connectivity index (χ0v) is 16.5. The van der Waals surface area contributed by atoms with Crippen molar-refractivity contribution in [3.8, 4) is 17.4 Å². The zero-order valence-electron chi connectivity index (χ0n) is 15.8. The minimum absolute atomic E-state index is 0.0488. The SMILES string of the molecule is CCc1cc(C)c2nc(-c3cc(C(F)(F)F)nn3-c3ncccc3Cl)oc(=O)c2c1. The van der Waals surface area contributed by atoms with E-state index < -0.39 is 17.5 Å². The summed E-state index contributed by atoms with van der Waals surface area (Å²) in [6, 6.07) is 7.27. The molecule has 0 amide bonds. The van der Waals surface area contributed by atoms with Crippen molar-refractivity contribution in [2.75, 3.05) is 0 Å². The Morgan fingerprint density at radius 1 is 1.23 bits per heavy atom. The lowest BCUT2D eigenvalue weighted by Gasteiger charge is -2.08. The molecule has 4 rings (SSSR count). The van der Waals surface area contributed by atoms with Gasteiger partial charge in [0.25, 0.3) is 0 Å². The summed E-state index contributed by atoms with van der Waals surface area (Å²) in [5, 5.41) is 3.92. The van der Waals surface area contributed by atoms with Crippen LogP contribution in [0, 0.1) is 6.92 Å². The van der Waals surface area contributed by atoms with Crippen LogP contribution in [-0.2, 0) is 12.6 Å². The van der Waals surface area contributed by atoms with Gasteiger partial charge in [-0.2, -0.15) is 18.3 Å². The first-order valence-electron chi connectivity index (χ1n) is 8.92. The molecule has 10 heteroatoms. The van der Waals surface area contributed by atoms with E-state index in [2.05, 4.69) is 15.1 Å². The Balaban J connectivity index is 2.02. The summed E-state index contributed by atoms with van der Waals surface area (Å²) in [6.07, 6.45) is -2.66. The average Bonchev–Trinajstić information content (AvgIpc) is 3.14. The number of hydrogen-bond acceptors (Lipinski definition) is 5. The molecule has 0 aliphatic carbocycles. The molecule has 0 aliphatic rings. The summed E-state index contributed by atoms with van der Waals surface area (Å²) in [6.45, 7) is 3.71. The number of pyridine rings is 1. The molecule has 4 aromatic rings. The molecule has 0 spiro atoms. The third-order valence-corrected chi connectivity index (χ3v) is 4.84. The van der Waals surface area contributed by atoms with Crippen LogP contribution >= 0.6 is 11.6 Å². The highest BCUT2D eigenvalue weighted by Gasteiger charge is 2.36. The van der Waals surface area contributed by atoms with Crippen LogP contribution in [0.25, 0.3) is 28.3 Å². The molecule has 0 fully saturated rings. The van der Waals surface area contributed by atoms with Gasteiger partial charge in [-0.1, -0.05) is 24.6 Å². The van der Waals surface area contributed by atoms with Crippen LogP contribution in [0.3, 0.4) is 0 Å². The van der Waals surface area contributed by atoms with Crippen LogP contribution in [0.1, 0.15) is 23.7 Å². The molecule has 3 heterocycles. The molecule has 6 nitrogen and oxygen atoms in total. The summed E-state index contributed by atoms with van der Waals surface area (Å²) < 4.78 is 46.2. The Morgan fingerprint density at radius 2 is 2.00 bits per heavy atom. The second kappa shape index (κ2) is 7.24. The van der Waals surface area contributed by atoms with E-state index in [9.17, 15) is 18.0 Å². The Kier molecular flexibility index (Phi) is 4.85. The van der Waals surface area contributed by atoms with Gasteiger partial charge in [-0.3, -0.25) is 0 Å². The quantitative estimate of drug-likeness (QED) is 0.454. The number of fused-ring (bicyclic) bond motifs is 1. The lowest BCUT2D eigenvalue weighted by atomic mass is 10.1. The fourth-order valence-electron chi connectivity index (χ4n) is 3.11. The normalized spacial score (nSPS) is 11.9. The molecule has 3 aromatic heterocycles. The maximum absolute atomic E-state index is 13.4. The highest BCUT2D eigenvalue weighted by molar-refractivity contribution is 6.32. The fourth-order valence-corrected chi connectivity index (χ4v) is 3.31. The first-order chi connectivity index (χ1) is 14.2. The van der Waals surface area contributed by atoms with Crippen molar-refractivity contribution in [2.24, 2.45) is 0 Å². The van der Waals surface area contributed by atoms with Crippen molar-refractivity contribution in [2.45, 2.75) is 26.4 Å². The van der Waals surface area contributed by atoms with Gasteiger partial charge in [0.15, 0.2) is 11.5 Å². The maximum Gasteiger partial charge on any atom is 0.435 e. The summed E-state index contributed by atoms with van der Waals surface area (Å²) in [7, 11) is 0. The molecule has 0 atom stereocenters. The van der Waals surface area contributed by atoms with E-state index in [1.807, 2.05) is 13.0 Å². The van der Waals surface area contributed by atoms with Crippen LogP contribution < -0.4 is 5.63 Å². The largest absolute Gasteiger partial charge is 0.435 e. The second-order valence-electron chi connectivity index (χ2n) is 6.60. The zero-order chi connectivity index (χ0) is 21.6. The van der Waals surface area contributed by atoms with Crippen LogP contribution in [0.5, 0.6) is 0 Å². The third kappa shape index (κ3) is 3.45. The van der Waals surface area contributed by atoms with Gasteiger partial charge in [0, 0.05) is 12.3 Å². The van der Waals surface area contributed by atoms with Gasteiger partial charge in [-0.25, -0.2) is 19.4 Å². The Labute approximate surface area is 172 Å². The summed E-state index contributed by atoms with van der Waals surface area (Å²) in [5.74, 6) is -0.364. The van der Waals surface area contributed by atoms with Gasteiger partial charge >= 0.3 is 11.8 Å². The van der Waals surface area contributed by atoms with Gasteiger partial charge in [0.05, 0.1) is 15.9 Å². The van der Waals surface area contributed by atoms with Crippen molar-refractivity contribution in [3.63, 3.8) is 0 Å². The fraction of sp³-hybridized carbons (Fsp3) is 0.200. The Hall–Kier alpha value is -3.20. The van der Waals surface area contributed by atoms with Crippen LogP contribution in [0.2, 0.25) is 5.02 Å². The van der Waals surface area contributed by atoms with E-state index in [0.717, 1.165) is 16.3 Å². The summed E-state index contributed by atoms with van der Waals surface area (Å²) in [5.41, 5.74) is -0.126. The van der Waals surface area contributed by atoms with Crippen molar-refractivity contribution in [3.05, 3.63) is 68.8 Å². The number of alkyl halides is 3. The number of nitrogens with zero attached hydrogens (tertiary/aromatic N) is 4. The molecule has 0 radical (unpaired) electrons. The minimum atomic E-state index is -4.73. The van der Waals surface area contributed by atoms with Crippen LogP contribution in [0.15, 0.2) is 45.7 Å². The van der Waals surface area contributed by atoms with Crippen LogP contribution in [-0.4, -0.2) is 19.7 Å². The number of rotatable bonds is 3. The highest BCUT2D eigenvalue weighted by Crippen LogP contribution is 2.33. The van der Waals surface area contributed by atoms with E-state index in [-0.39, 0.29) is 27.8 Å². The molecule has 30 heavy (non-hydrogen) atoms. The van der Waals surface area contributed by atoms with Gasteiger partial charge < -0.3 is 4.42 Å². The molecule has 154 valence electrons. The van der Waals surface area contributed by atoms with E-state index in [1.54, 1.807) is 13.0 Å². The number of hydrogen-bond donors (Lipinski definition) is 0. The third-order valence-electron chi connectivity index (χ3n) is 4.55. The Morgan fingerprint density at radius 3 is 2.67 bits per heavy atom. The van der Waals surface area contributed by atoms with E-state index >= 15 is 0 Å². The lowest BCUT2D eigenvalue weighted by molar-refractivity contribution is -0.141. The molecule has 0 bridgehead atoms. The predicted molar refractivity (Wildman–Crippen MR) is 105 cm³/mol. The molecular weight excluding hydrogens is 421 g/mol. The molecule has 0 unspecified atom stereocenters. The standard InChI is InChI=1S/C20H14ClF3N4O2/c1-3-11-7-10(2)16-12(8-11)19(29)30-18(26-16)14-9-15(20(22,23)24)27-28(14)17-13(21)5-4-6-25-17/h4-9H,3H2,1-2H3. The van der Waals surface area contributed by atoms with Crippen LogP contribution in [0.4, 0.5) is 13.2 Å². The van der Waals surface area contributed by atoms with Crippen molar-refractivity contribution in [1.29, 1.82) is 0 Å². The molecule has 0 saturated carbocycles. The van der Waals surface area contributed by atoms with E-state index in [0.29, 0.717) is 17.5 Å². The van der Waals surface area contributed by atoms with Crippen molar-refractivity contribution < 1.29 is 17.6 Å². The van der Waals surface area contributed by atoms with E-state index in [4.69, 9.17) is 16.0 Å². The first kappa shape index (κ1) is 20.1. The van der Waals surface area contributed by atoms with Gasteiger partial charge in [-0.15, -0.1) is 0 Å². The summed E-state index contributed by atoms with van der Waals surface area (Å²) in [4.78, 5) is 20.9. The number of benzene rings is 1. The minimum Gasteiger partial charge on any atom is -0.401 e. The maximum atomic E-state index is 13.4. The van der Waals surface area contributed by atoms with Gasteiger partial charge in [-0.05, 0) is 42.7 Å². The number of aromatic nitrogens is 4. The lowest BCUT2D eigenvalue weighted by Crippen LogP contribution is -2.09. The molecule has 0 saturated heterocycles. The van der Waals surface area contributed by atoms with Crippen molar-refractivity contribution in [1.82, 2.24) is 19.7 Å². The number of aryl methyl sites for hydroxylation is 2. The molecule has 0 N–H and O–H groups in total. The molecule has 0 aliphatic heterocycles. The summed E-state index contributed by atoms with van der Waals surface area (Å²) >= 11 is 6.11. The average molecular weight is 435 g/mol. The molecule has 1 aromatic carbocycles. The predicted octanol–water partition coefficient (Wildman–Crippen LogP) is 4.98. The topological polar surface area (TPSA) is 73.8 Å². The van der Waals surface area contributed by atoms with E-state index in [1.165, 1.54) is 18.3 Å². The number of halogens is 4. The molecular formula is C20H14ClF3N4O2. The van der Waals surface area contributed by atoms with Gasteiger partial charge in [0.1, 0.15) is 5.69 Å². The van der Waals surface area contributed by atoms with Gasteiger partial charge in [0.2, 0.25) is 5.89 Å². The van der Waals surface area contributed by atoms with Crippen molar-refractivity contribution >= 4 is 22.5 Å². The monoisotopic (exact) mass is 434 g/mol. The second-order valence-corrected chi connectivity index (χ2v) is 7.01. The first-order valence-corrected chi connectivity index (χ1v) is 9.29. The highest BCUT2D eigenvalue weighted by atomic mass is 35.5. The Bertz CT molecular complexity index is 1330. The smallest absolute Gasteiger partial charge is 0.401 e.